The van der Waals surface area contributed by atoms with Gasteiger partial charge >= 0.3 is 6.18 Å². The fraction of sp³-hybridized carbons (Fsp3) is 0.440. The lowest BCUT2D eigenvalue weighted by atomic mass is 9.94. The number of carbonyl (C=O) groups excluding carboxylic acids is 1. The Kier molecular flexibility index (Phi) is 8.09. The van der Waals surface area contributed by atoms with E-state index < -0.39 is 38.5 Å². The highest BCUT2D eigenvalue weighted by atomic mass is 32.2. The van der Waals surface area contributed by atoms with E-state index in [1.54, 1.807) is 17.0 Å². The number of carbonyl (C=O) groups is 1. The molecule has 2 heterocycles. The Bertz CT molecular complexity index is 1290. The number of halogens is 3. The van der Waals surface area contributed by atoms with Crippen LogP contribution in [0.15, 0.2) is 48.5 Å². The number of hydrogen-bond donors (Lipinski definition) is 4. The van der Waals surface area contributed by atoms with E-state index in [4.69, 9.17) is 10.1 Å². The van der Waals surface area contributed by atoms with Crippen LogP contribution in [0.5, 0.6) is 11.5 Å². The molecule has 2 aromatic carbocycles. The number of phenols is 1. The summed E-state index contributed by atoms with van der Waals surface area (Å²) >= 11 is 0. The second-order valence-electron chi connectivity index (χ2n) is 9.56. The molecule has 2 saturated heterocycles. The Balaban J connectivity index is 1.41. The molecule has 0 bridgehead atoms. The van der Waals surface area contributed by atoms with E-state index in [0.29, 0.717) is 5.56 Å². The largest absolute Gasteiger partial charge is 0.508 e. The maximum absolute atomic E-state index is 13.8. The third kappa shape index (κ3) is 5.82. The number of hydroxylamine groups is 1. The molecule has 39 heavy (non-hydrogen) atoms. The second-order valence-corrected chi connectivity index (χ2v) is 11.8. The highest BCUT2D eigenvalue weighted by molar-refractivity contribution is 7.91. The summed E-state index contributed by atoms with van der Waals surface area (Å²) in [4.78, 5) is 14.4. The molecule has 14 heteroatoms. The fourth-order valence-corrected chi connectivity index (χ4v) is 7.11. The van der Waals surface area contributed by atoms with Crippen LogP contribution in [-0.4, -0.2) is 76.7 Å². The molecular formula is C25H29F3N4O6S. The van der Waals surface area contributed by atoms with Gasteiger partial charge in [-0.15, -0.1) is 0 Å². The summed E-state index contributed by atoms with van der Waals surface area (Å²) in [6.07, 6.45) is -4.70. The first kappa shape index (κ1) is 28.6. The summed E-state index contributed by atoms with van der Waals surface area (Å²) in [6.45, 7) is 0.196. The van der Waals surface area contributed by atoms with E-state index in [0.717, 1.165) is 12.1 Å². The van der Waals surface area contributed by atoms with Crippen LogP contribution in [-0.2, 0) is 21.0 Å². The molecule has 0 aromatic heterocycles. The summed E-state index contributed by atoms with van der Waals surface area (Å²) in [7, 11) is -4.25. The molecule has 2 aromatic rings. The Labute approximate surface area is 223 Å². The molecule has 0 spiro atoms. The van der Waals surface area contributed by atoms with Gasteiger partial charge in [-0.2, -0.15) is 13.2 Å². The molecule has 0 aliphatic carbocycles. The molecule has 4 N–H and O–H groups in total. The van der Waals surface area contributed by atoms with Crippen molar-refractivity contribution in [2.45, 2.75) is 42.7 Å². The molecule has 2 aliphatic rings. The van der Waals surface area contributed by atoms with Gasteiger partial charge in [0.05, 0.1) is 5.56 Å². The van der Waals surface area contributed by atoms with Gasteiger partial charge in [-0.3, -0.25) is 15.4 Å². The highest BCUT2D eigenvalue weighted by Crippen LogP contribution is 2.36. The SMILES string of the molecule is N=C(c1ccc(O)cc1)N1CCC(C(=O)NO)(S(=O)(=O)N2CCC(Oc3ccc(C(F)(F)F)cc3)CC2)CC1. The van der Waals surface area contributed by atoms with Crippen LogP contribution in [0, 0.1) is 5.41 Å². The Morgan fingerprint density at radius 1 is 1.00 bits per heavy atom. The van der Waals surface area contributed by atoms with Crippen LogP contribution in [0.3, 0.4) is 0 Å². The minimum Gasteiger partial charge on any atom is -0.508 e. The van der Waals surface area contributed by atoms with Gasteiger partial charge in [0.15, 0.2) is 4.75 Å². The average Bonchev–Trinajstić information content (AvgIpc) is 2.92. The molecule has 2 fully saturated rings. The van der Waals surface area contributed by atoms with Gasteiger partial charge in [0, 0.05) is 31.7 Å². The van der Waals surface area contributed by atoms with E-state index in [-0.39, 0.29) is 69.2 Å². The molecule has 0 saturated carbocycles. The van der Waals surface area contributed by atoms with Crippen molar-refractivity contribution in [3.05, 3.63) is 59.7 Å². The predicted molar refractivity (Wildman–Crippen MR) is 134 cm³/mol. The molecular weight excluding hydrogens is 541 g/mol. The number of rotatable bonds is 6. The van der Waals surface area contributed by atoms with Crippen molar-refractivity contribution in [2.75, 3.05) is 26.2 Å². The number of ether oxygens (including phenoxy) is 1. The van der Waals surface area contributed by atoms with Crippen LogP contribution < -0.4 is 10.2 Å². The highest BCUT2D eigenvalue weighted by Gasteiger charge is 2.55. The third-order valence-electron chi connectivity index (χ3n) is 7.26. The van der Waals surface area contributed by atoms with Crippen molar-refractivity contribution in [2.24, 2.45) is 0 Å². The van der Waals surface area contributed by atoms with Crippen molar-refractivity contribution >= 4 is 21.8 Å². The number of aromatic hydroxyl groups is 1. The van der Waals surface area contributed by atoms with Gasteiger partial charge in [0.1, 0.15) is 23.4 Å². The first-order valence-corrected chi connectivity index (χ1v) is 13.7. The number of nitrogens with one attached hydrogen (secondary N) is 2. The van der Waals surface area contributed by atoms with Crippen molar-refractivity contribution in [3.8, 4) is 11.5 Å². The van der Waals surface area contributed by atoms with Gasteiger partial charge in [0.2, 0.25) is 10.0 Å². The van der Waals surface area contributed by atoms with Crippen molar-refractivity contribution < 1.29 is 41.4 Å². The molecule has 4 rings (SSSR count). The van der Waals surface area contributed by atoms with Crippen LogP contribution >= 0.6 is 0 Å². The number of amidine groups is 1. The summed E-state index contributed by atoms with van der Waals surface area (Å²) < 4.78 is 70.9. The van der Waals surface area contributed by atoms with E-state index in [1.165, 1.54) is 34.1 Å². The first-order chi connectivity index (χ1) is 18.4. The Morgan fingerprint density at radius 3 is 2.08 bits per heavy atom. The monoisotopic (exact) mass is 570 g/mol. The number of sulfonamides is 1. The Hall–Kier alpha value is -3.36. The second kappa shape index (κ2) is 11.0. The molecule has 10 nitrogen and oxygen atoms in total. The molecule has 212 valence electrons. The molecule has 1 amide bonds. The lowest BCUT2D eigenvalue weighted by Crippen LogP contribution is -2.62. The van der Waals surface area contributed by atoms with Crippen LogP contribution in [0.2, 0.25) is 0 Å². The van der Waals surface area contributed by atoms with E-state index in [2.05, 4.69) is 0 Å². The summed E-state index contributed by atoms with van der Waals surface area (Å²) in [5.41, 5.74) is 1.23. The number of nitrogens with zero attached hydrogens (tertiary/aromatic N) is 2. The minimum absolute atomic E-state index is 0.0289. The topological polar surface area (TPSA) is 143 Å². The standard InChI is InChI=1S/C25H29F3N4O6S/c26-25(27,28)18-3-7-20(8-4-18)38-21-9-13-32(14-10-21)39(36,37)24(23(34)30-35)11-15-31(16-12-24)22(29)17-1-5-19(33)6-2-17/h1-8,21,29,33,35H,9-16H2,(H,30,34). The zero-order valence-corrected chi connectivity index (χ0v) is 21.6. The maximum Gasteiger partial charge on any atom is 0.416 e. The molecule has 2 aliphatic heterocycles. The van der Waals surface area contributed by atoms with Crippen molar-refractivity contribution in [1.29, 1.82) is 5.41 Å². The molecule has 0 unspecified atom stereocenters. The minimum atomic E-state index is -4.46. The molecule has 0 atom stereocenters. The number of piperidine rings is 2. The van der Waals surface area contributed by atoms with Gasteiger partial charge in [0.25, 0.3) is 5.91 Å². The number of likely N-dealkylation sites (tertiary alicyclic amines) is 1. The van der Waals surface area contributed by atoms with Crippen molar-refractivity contribution in [3.63, 3.8) is 0 Å². The van der Waals surface area contributed by atoms with Crippen LogP contribution in [0.25, 0.3) is 0 Å². The van der Waals surface area contributed by atoms with E-state index in [9.17, 15) is 36.7 Å². The smallest absolute Gasteiger partial charge is 0.416 e. The number of phenolic OH excluding ortho intramolecular Hbond substituents is 1. The normalized spacial score (nSPS) is 18.9. The van der Waals surface area contributed by atoms with E-state index in [1.807, 2.05) is 0 Å². The number of benzene rings is 2. The fourth-order valence-electron chi connectivity index (χ4n) is 4.95. The number of amides is 1. The predicted octanol–water partition coefficient (Wildman–Crippen LogP) is 2.95. The quantitative estimate of drug-likeness (QED) is 0.181. The van der Waals surface area contributed by atoms with Gasteiger partial charge in [-0.1, -0.05) is 0 Å². The number of hydrogen-bond acceptors (Lipinski definition) is 7. The summed E-state index contributed by atoms with van der Waals surface area (Å²) in [5, 5.41) is 27.3. The Morgan fingerprint density at radius 2 is 1.56 bits per heavy atom. The van der Waals surface area contributed by atoms with E-state index >= 15 is 0 Å². The van der Waals surface area contributed by atoms with Gasteiger partial charge in [-0.05, 0) is 74.2 Å². The van der Waals surface area contributed by atoms with Crippen molar-refractivity contribution in [1.82, 2.24) is 14.7 Å². The zero-order valence-electron chi connectivity index (χ0n) is 20.8. The third-order valence-corrected chi connectivity index (χ3v) is 9.89. The summed E-state index contributed by atoms with van der Waals surface area (Å²) in [5.74, 6) is -0.639. The maximum atomic E-state index is 13.8. The average molecular weight is 571 g/mol. The lowest BCUT2D eigenvalue weighted by molar-refractivity contribution is -0.137. The first-order valence-electron chi connectivity index (χ1n) is 12.3. The summed E-state index contributed by atoms with van der Waals surface area (Å²) in [6, 6.07) is 10.3. The van der Waals surface area contributed by atoms with Gasteiger partial charge in [-0.25, -0.2) is 18.2 Å². The van der Waals surface area contributed by atoms with Crippen LogP contribution in [0.4, 0.5) is 13.2 Å². The zero-order chi connectivity index (χ0) is 28.4. The molecule has 0 radical (unpaired) electrons. The van der Waals surface area contributed by atoms with Crippen LogP contribution in [0.1, 0.15) is 36.8 Å². The number of alkyl halides is 3. The lowest BCUT2D eigenvalue weighted by Gasteiger charge is -2.43. The van der Waals surface area contributed by atoms with Gasteiger partial charge < -0.3 is 14.7 Å².